The lowest BCUT2D eigenvalue weighted by Crippen LogP contribution is -2.14. The summed E-state index contributed by atoms with van der Waals surface area (Å²) in [6.45, 7) is 3.34. The van der Waals surface area contributed by atoms with E-state index in [0.717, 1.165) is 5.01 Å². The maximum absolute atomic E-state index is 12.9. The van der Waals surface area contributed by atoms with Crippen molar-refractivity contribution in [3.8, 4) is 17.0 Å². The molecule has 0 bridgehead atoms. The third-order valence-electron chi connectivity index (χ3n) is 3.91. The van der Waals surface area contributed by atoms with Gasteiger partial charge < -0.3 is 4.74 Å². The molecule has 140 valence electrons. The maximum atomic E-state index is 12.9. The summed E-state index contributed by atoms with van der Waals surface area (Å²) in [5, 5.41) is 2.77. The number of Topliss-reactive ketones (excluding diaryl/α,β-unsaturated/α-hetero) is 1. The molecule has 0 aliphatic carbocycles. The van der Waals surface area contributed by atoms with E-state index in [-0.39, 0.29) is 16.4 Å². The Morgan fingerprint density at radius 2 is 1.85 bits per heavy atom. The lowest BCUT2D eigenvalue weighted by molar-refractivity contribution is 0.101. The normalized spacial score (nSPS) is 11.2. The van der Waals surface area contributed by atoms with Crippen LogP contribution in [0.3, 0.4) is 0 Å². The number of methoxy groups -OCH3 is 1. The Bertz CT molecular complexity index is 1090. The van der Waals surface area contributed by atoms with Crippen LogP contribution in [0, 0.1) is 6.92 Å². The molecular formula is C19H18N2O4S2. The number of hydrogen-bond donors (Lipinski definition) is 1. The number of sulfonamides is 1. The Labute approximate surface area is 161 Å². The van der Waals surface area contributed by atoms with Gasteiger partial charge in [-0.1, -0.05) is 0 Å². The number of nitrogens with zero attached hydrogens (tertiary/aromatic N) is 1. The van der Waals surface area contributed by atoms with E-state index in [1.807, 2.05) is 12.3 Å². The predicted molar refractivity (Wildman–Crippen MR) is 106 cm³/mol. The fourth-order valence-corrected chi connectivity index (χ4v) is 4.40. The number of carbonyl (C=O) groups excluding carboxylic acids is 1. The van der Waals surface area contributed by atoms with Crippen molar-refractivity contribution in [3.05, 3.63) is 58.4 Å². The molecule has 0 saturated heterocycles. The van der Waals surface area contributed by atoms with E-state index in [1.165, 1.54) is 25.4 Å². The summed E-state index contributed by atoms with van der Waals surface area (Å²) in [6.07, 6.45) is 0. The van der Waals surface area contributed by atoms with Gasteiger partial charge in [0.1, 0.15) is 10.6 Å². The van der Waals surface area contributed by atoms with Gasteiger partial charge >= 0.3 is 0 Å². The molecule has 1 heterocycles. The zero-order valence-corrected chi connectivity index (χ0v) is 16.6. The lowest BCUT2D eigenvalue weighted by atomic mass is 10.1. The van der Waals surface area contributed by atoms with Crippen LogP contribution >= 0.6 is 11.3 Å². The zero-order valence-electron chi connectivity index (χ0n) is 15.0. The average molecular weight is 402 g/mol. The van der Waals surface area contributed by atoms with Gasteiger partial charge in [-0.15, -0.1) is 11.3 Å². The third kappa shape index (κ3) is 4.17. The number of aromatic nitrogens is 1. The van der Waals surface area contributed by atoms with Crippen molar-refractivity contribution >= 4 is 32.8 Å². The van der Waals surface area contributed by atoms with E-state index in [0.29, 0.717) is 22.5 Å². The van der Waals surface area contributed by atoms with Crippen LogP contribution in [0.4, 0.5) is 5.69 Å². The number of ether oxygens (including phenoxy) is 1. The third-order valence-corrected chi connectivity index (χ3v) is 6.09. The topological polar surface area (TPSA) is 85.4 Å². The van der Waals surface area contributed by atoms with Crippen LogP contribution in [0.5, 0.6) is 5.75 Å². The van der Waals surface area contributed by atoms with E-state index in [2.05, 4.69) is 9.71 Å². The highest BCUT2D eigenvalue weighted by molar-refractivity contribution is 7.92. The first-order valence-electron chi connectivity index (χ1n) is 8.04. The zero-order chi connectivity index (χ0) is 19.6. The molecule has 1 N–H and O–H groups in total. The minimum absolute atomic E-state index is 0.0174. The number of ketones is 1. The highest BCUT2D eigenvalue weighted by Gasteiger charge is 2.21. The number of nitrogens with one attached hydrogen (secondary N) is 1. The van der Waals surface area contributed by atoms with Crippen molar-refractivity contribution in [3.63, 3.8) is 0 Å². The fraction of sp³-hybridized carbons (Fsp3) is 0.158. The summed E-state index contributed by atoms with van der Waals surface area (Å²) in [5.74, 6) is 0.149. The van der Waals surface area contributed by atoms with E-state index in [1.54, 1.807) is 42.5 Å². The number of anilines is 1. The van der Waals surface area contributed by atoms with Crippen molar-refractivity contribution in [2.45, 2.75) is 18.7 Å². The van der Waals surface area contributed by atoms with Crippen LogP contribution in [-0.2, 0) is 10.0 Å². The van der Waals surface area contributed by atoms with Crippen molar-refractivity contribution in [1.29, 1.82) is 0 Å². The summed E-state index contributed by atoms with van der Waals surface area (Å²) in [6, 6.07) is 11.2. The molecule has 0 unspecified atom stereocenters. The Morgan fingerprint density at radius 1 is 1.15 bits per heavy atom. The second kappa shape index (κ2) is 7.50. The summed E-state index contributed by atoms with van der Waals surface area (Å²) in [5.41, 5.74) is 2.27. The van der Waals surface area contributed by atoms with E-state index < -0.39 is 10.0 Å². The second-order valence-corrected chi connectivity index (χ2v) is 8.57. The largest absolute Gasteiger partial charge is 0.495 e. The van der Waals surface area contributed by atoms with Crippen LogP contribution in [0.15, 0.2) is 52.7 Å². The average Bonchev–Trinajstić information content (AvgIpc) is 3.07. The quantitative estimate of drug-likeness (QED) is 0.627. The molecule has 0 fully saturated rings. The maximum Gasteiger partial charge on any atom is 0.265 e. The molecule has 0 aliphatic rings. The first-order valence-corrected chi connectivity index (χ1v) is 10.4. The molecule has 2 aromatic carbocycles. The number of carbonyl (C=O) groups is 1. The summed E-state index contributed by atoms with van der Waals surface area (Å²) >= 11 is 1.49. The highest BCUT2D eigenvalue weighted by atomic mass is 32.2. The molecular weight excluding hydrogens is 384 g/mol. The number of hydrogen-bond acceptors (Lipinski definition) is 6. The van der Waals surface area contributed by atoms with Gasteiger partial charge in [-0.25, -0.2) is 13.4 Å². The molecule has 0 atom stereocenters. The van der Waals surface area contributed by atoms with Crippen molar-refractivity contribution < 1.29 is 17.9 Å². The Hall–Kier alpha value is -2.71. The molecule has 0 saturated carbocycles. The van der Waals surface area contributed by atoms with Gasteiger partial charge in [-0.05, 0) is 56.3 Å². The molecule has 0 spiro atoms. The summed E-state index contributed by atoms with van der Waals surface area (Å²) in [7, 11) is -2.48. The molecule has 1 aromatic heterocycles. The number of aryl methyl sites for hydroxylation is 1. The van der Waals surface area contributed by atoms with Gasteiger partial charge in [-0.3, -0.25) is 9.52 Å². The predicted octanol–water partition coefficient (Wildman–Crippen LogP) is 4.13. The number of benzene rings is 2. The molecule has 6 nitrogen and oxygen atoms in total. The molecule has 0 amide bonds. The number of thiazole rings is 1. The van der Waals surface area contributed by atoms with Crippen LogP contribution in [0.2, 0.25) is 0 Å². The lowest BCUT2D eigenvalue weighted by Gasteiger charge is -2.13. The molecule has 3 aromatic rings. The SMILES string of the molecule is COc1ccc(-c2csc(C)n2)cc1S(=O)(=O)Nc1ccc(C(C)=O)cc1. The van der Waals surface area contributed by atoms with E-state index in [4.69, 9.17) is 4.74 Å². The molecule has 8 heteroatoms. The van der Waals surface area contributed by atoms with Gasteiger partial charge in [0.15, 0.2) is 5.78 Å². The van der Waals surface area contributed by atoms with Crippen LogP contribution in [0.25, 0.3) is 11.3 Å². The fourth-order valence-electron chi connectivity index (χ4n) is 2.53. The van der Waals surface area contributed by atoms with Crippen LogP contribution in [0.1, 0.15) is 22.3 Å². The highest BCUT2D eigenvalue weighted by Crippen LogP contribution is 2.31. The monoisotopic (exact) mass is 402 g/mol. The van der Waals surface area contributed by atoms with Gasteiger partial charge in [0.25, 0.3) is 10.0 Å². The minimum Gasteiger partial charge on any atom is -0.495 e. The molecule has 0 radical (unpaired) electrons. The molecule has 3 rings (SSSR count). The van der Waals surface area contributed by atoms with Crippen LogP contribution < -0.4 is 9.46 Å². The standard InChI is InChI=1S/C19H18N2O4S2/c1-12(22)14-4-7-16(8-5-14)21-27(23,24)19-10-15(6-9-18(19)25-3)17-11-26-13(2)20-17/h4-11,21H,1-3H3. The van der Waals surface area contributed by atoms with Crippen molar-refractivity contribution in [2.24, 2.45) is 0 Å². The van der Waals surface area contributed by atoms with Crippen molar-refractivity contribution in [2.75, 3.05) is 11.8 Å². The van der Waals surface area contributed by atoms with Gasteiger partial charge in [-0.2, -0.15) is 0 Å². The minimum atomic E-state index is -3.90. The first-order chi connectivity index (χ1) is 12.8. The number of rotatable bonds is 6. The van der Waals surface area contributed by atoms with Crippen LogP contribution in [-0.4, -0.2) is 26.3 Å². The van der Waals surface area contributed by atoms with E-state index >= 15 is 0 Å². The molecule has 27 heavy (non-hydrogen) atoms. The Kier molecular flexibility index (Phi) is 5.29. The summed E-state index contributed by atoms with van der Waals surface area (Å²) in [4.78, 5) is 15.8. The summed E-state index contributed by atoms with van der Waals surface area (Å²) < 4.78 is 33.6. The Balaban J connectivity index is 1.98. The Morgan fingerprint density at radius 3 is 2.41 bits per heavy atom. The van der Waals surface area contributed by atoms with Crippen molar-refractivity contribution in [1.82, 2.24) is 4.98 Å². The van der Waals surface area contributed by atoms with Gasteiger partial charge in [0, 0.05) is 22.2 Å². The van der Waals surface area contributed by atoms with Gasteiger partial charge in [0.05, 0.1) is 17.8 Å². The van der Waals surface area contributed by atoms with Gasteiger partial charge in [0.2, 0.25) is 0 Å². The second-order valence-electron chi connectivity index (χ2n) is 5.86. The van der Waals surface area contributed by atoms with E-state index in [9.17, 15) is 13.2 Å². The molecule has 0 aliphatic heterocycles. The first kappa shape index (κ1) is 19.1. The smallest absolute Gasteiger partial charge is 0.265 e.